The van der Waals surface area contributed by atoms with Crippen LogP contribution in [0.4, 0.5) is 0 Å². The van der Waals surface area contributed by atoms with Gasteiger partial charge >= 0.3 is 0 Å². The highest BCUT2D eigenvalue weighted by Gasteiger charge is 2.24. The van der Waals surface area contributed by atoms with E-state index in [0.29, 0.717) is 0 Å². The monoisotopic (exact) mass is 224 g/mol. The van der Waals surface area contributed by atoms with Gasteiger partial charge in [-0.1, -0.05) is 6.92 Å². The van der Waals surface area contributed by atoms with Crippen molar-refractivity contribution in [2.75, 3.05) is 25.2 Å². The van der Waals surface area contributed by atoms with Gasteiger partial charge in [0.05, 0.1) is 6.04 Å². The number of nitrogens with zero attached hydrogens (tertiary/aromatic N) is 1. The molecule has 0 aliphatic carbocycles. The number of likely N-dealkylation sites (N-methyl/N-ethyl adjacent to an activating group) is 1. The second-order valence-corrected chi connectivity index (χ2v) is 4.06. The maximum atomic E-state index is 11.6. The summed E-state index contributed by atoms with van der Waals surface area (Å²) in [5.41, 5.74) is 0. The molecule has 1 atom stereocenters. The van der Waals surface area contributed by atoms with Crippen molar-refractivity contribution in [3.63, 3.8) is 0 Å². The Morgan fingerprint density at radius 1 is 1.69 bits per heavy atom. The van der Waals surface area contributed by atoms with E-state index < -0.39 is 0 Å². The SMILES string of the molecule is CCCN(C)C(=O)C1CSCN1.Cl. The third-order valence-corrected chi connectivity index (χ3v) is 2.89. The summed E-state index contributed by atoms with van der Waals surface area (Å²) in [6.07, 6.45) is 1.03. The first-order chi connectivity index (χ1) is 5.75. The van der Waals surface area contributed by atoms with Gasteiger partial charge < -0.3 is 4.90 Å². The number of hydrogen-bond donors (Lipinski definition) is 1. The van der Waals surface area contributed by atoms with Crippen molar-refractivity contribution < 1.29 is 4.79 Å². The largest absolute Gasteiger partial charge is 0.344 e. The molecule has 1 amide bonds. The van der Waals surface area contributed by atoms with Gasteiger partial charge in [-0.25, -0.2) is 0 Å². The van der Waals surface area contributed by atoms with Crippen molar-refractivity contribution >= 4 is 30.1 Å². The molecule has 1 aliphatic rings. The quantitative estimate of drug-likeness (QED) is 0.775. The second-order valence-electron chi connectivity index (χ2n) is 3.03. The van der Waals surface area contributed by atoms with Crippen LogP contribution in [-0.2, 0) is 4.79 Å². The Kier molecular flexibility index (Phi) is 6.55. The van der Waals surface area contributed by atoms with Crippen LogP contribution < -0.4 is 5.32 Å². The fraction of sp³-hybridized carbons (Fsp3) is 0.875. The molecule has 0 spiro atoms. The van der Waals surface area contributed by atoms with Crippen LogP contribution in [0.5, 0.6) is 0 Å². The van der Waals surface area contributed by atoms with Crippen LogP contribution in [0.15, 0.2) is 0 Å². The Hall–Kier alpha value is 0.0700. The molecule has 5 heteroatoms. The van der Waals surface area contributed by atoms with Crippen LogP contribution in [0.1, 0.15) is 13.3 Å². The molecule has 1 aliphatic heterocycles. The molecule has 13 heavy (non-hydrogen) atoms. The normalized spacial score (nSPS) is 20.9. The molecule has 0 radical (unpaired) electrons. The minimum absolute atomic E-state index is 0. The lowest BCUT2D eigenvalue weighted by Gasteiger charge is -2.19. The molecule has 78 valence electrons. The van der Waals surface area contributed by atoms with Gasteiger partial charge in [-0.05, 0) is 6.42 Å². The molecule has 1 heterocycles. The van der Waals surface area contributed by atoms with E-state index in [1.165, 1.54) is 0 Å². The molecule has 0 aromatic rings. The minimum atomic E-state index is 0. The molecule has 0 bridgehead atoms. The number of hydrogen-bond acceptors (Lipinski definition) is 3. The van der Waals surface area contributed by atoms with Gasteiger partial charge in [0.2, 0.25) is 5.91 Å². The summed E-state index contributed by atoms with van der Waals surface area (Å²) < 4.78 is 0. The summed E-state index contributed by atoms with van der Waals surface area (Å²) in [4.78, 5) is 13.4. The molecular weight excluding hydrogens is 208 g/mol. The highest BCUT2D eigenvalue weighted by Crippen LogP contribution is 2.11. The molecule has 0 aromatic carbocycles. The van der Waals surface area contributed by atoms with Crippen LogP contribution in [-0.4, -0.2) is 42.1 Å². The average molecular weight is 225 g/mol. The number of halogens is 1. The Morgan fingerprint density at radius 3 is 2.85 bits per heavy atom. The van der Waals surface area contributed by atoms with Crippen LogP contribution in [0, 0.1) is 0 Å². The second kappa shape index (κ2) is 6.51. The fourth-order valence-electron chi connectivity index (χ4n) is 1.27. The molecule has 1 rings (SSSR count). The Balaban J connectivity index is 0.00000144. The van der Waals surface area contributed by atoms with E-state index in [1.807, 2.05) is 11.9 Å². The zero-order chi connectivity index (χ0) is 8.97. The van der Waals surface area contributed by atoms with Crippen molar-refractivity contribution in [1.82, 2.24) is 10.2 Å². The van der Waals surface area contributed by atoms with E-state index in [0.717, 1.165) is 24.6 Å². The van der Waals surface area contributed by atoms with E-state index in [-0.39, 0.29) is 24.4 Å². The van der Waals surface area contributed by atoms with Crippen molar-refractivity contribution in [1.29, 1.82) is 0 Å². The lowest BCUT2D eigenvalue weighted by molar-refractivity contribution is -0.131. The number of nitrogens with one attached hydrogen (secondary N) is 1. The van der Waals surface area contributed by atoms with Gasteiger partial charge in [0.15, 0.2) is 0 Å². The van der Waals surface area contributed by atoms with Gasteiger partial charge in [0.25, 0.3) is 0 Å². The zero-order valence-corrected chi connectivity index (χ0v) is 9.71. The van der Waals surface area contributed by atoms with Crippen molar-refractivity contribution in [2.24, 2.45) is 0 Å². The van der Waals surface area contributed by atoms with Crippen LogP contribution >= 0.6 is 24.2 Å². The predicted octanol–water partition coefficient (Wildman–Crippen LogP) is 0.939. The average Bonchev–Trinajstić information content (AvgIpc) is 2.55. The number of amides is 1. The van der Waals surface area contributed by atoms with E-state index in [4.69, 9.17) is 0 Å². The van der Waals surface area contributed by atoms with Crippen LogP contribution in [0.3, 0.4) is 0 Å². The highest BCUT2D eigenvalue weighted by atomic mass is 35.5. The zero-order valence-electron chi connectivity index (χ0n) is 8.08. The first kappa shape index (κ1) is 13.1. The molecule has 1 saturated heterocycles. The summed E-state index contributed by atoms with van der Waals surface area (Å²) in [5, 5.41) is 3.17. The van der Waals surface area contributed by atoms with E-state index in [9.17, 15) is 4.79 Å². The maximum absolute atomic E-state index is 11.6. The van der Waals surface area contributed by atoms with Gasteiger partial charge in [0.1, 0.15) is 0 Å². The molecule has 0 saturated carbocycles. The molecule has 1 N–H and O–H groups in total. The third kappa shape index (κ3) is 3.75. The van der Waals surface area contributed by atoms with Crippen LogP contribution in [0.25, 0.3) is 0 Å². The number of carbonyl (C=O) groups excluding carboxylic acids is 1. The summed E-state index contributed by atoms with van der Waals surface area (Å²) in [6, 6.07) is 0.0616. The lowest BCUT2D eigenvalue weighted by atomic mass is 10.3. The maximum Gasteiger partial charge on any atom is 0.240 e. The van der Waals surface area contributed by atoms with Crippen molar-refractivity contribution in [3.05, 3.63) is 0 Å². The van der Waals surface area contributed by atoms with Gasteiger partial charge in [-0.2, -0.15) is 0 Å². The number of carbonyl (C=O) groups is 1. The van der Waals surface area contributed by atoms with Crippen molar-refractivity contribution in [3.8, 4) is 0 Å². The molecular formula is C8H17ClN2OS. The molecule has 3 nitrogen and oxygen atoms in total. The first-order valence-electron chi connectivity index (χ1n) is 4.31. The Bertz CT molecular complexity index is 162. The Morgan fingerprint density at radius 2 is 2.38 bits per heavy atom. The molecule has 1 unspecified atom stereocenters. The van der Waals surface area contributed by atoms with E-state index >= 15 is 0 Å². The number of rotatable bonds is 3. The first-order valence-corrected chi connectivity index (χ1v) is 5.47. The molecule has 1 fully saturated rings. The summed E-state index contributed by atoms with van der Waals surface area (Å²) in [5.74, 6) is 2.07. The predicted molar refractivity (Wildman–Crippen MR) is 59.4 cm³/mol. The third-order valence-electron chi connectivity index (χ3n) is 1.95. The van der Waals surface area contributed by atoms with Gasteiger partial charge in [-0.15, -0.1) is 24.2 Å². The van der Waals surface area contributed by atoms with Crippen LogP contribution in [0.2, 0.25) is 0 Å². The van der Waals surface area contributed by atoms with Gasteiger partial charge in [-0.3, -0.25) is 10.1 Å². The summed E-state index contributed by atoms with van der Waals surface area (Å²) >= 11 is 1.79. The van der Waals surface area contributed by atoms with Gasteiger partial charge in [0, 0.05) is 25.2 Å². The van der Waals surface area contributed by atoms with E-state index in [2.05, 4.69) is 12.2 Å². The smallest absolute Gasteiger partial charge is 0.240 e. The summed E-state index contributed by atoms with van der Waals surface area (Å²) in [7, 11) is 1.87. The standard InChI is InChI=1S/C8H16N2OS.ClH/c1-3-4-10(2)8(11)7-5-12-6-9-7;/h7,9H,3-6H2,1-2H3;1H. The topological polar surface area (TPSA) is 32.3 Å². The fourth-order valence-corrected chi connectivity index (χ4v) is 2.20. The number of thioether (sulfide) groups is 1. The lowest BCUT2D eigenvalue weighted by Crippen LogP contribution is -2.43. The Labute approximate surface area is 90.0 Å². The summed E-state index contributed by atoms with van der Waals surface area (Å²) in [6.45, 7) is 2.95. The van der Waals surface area contributed by atoms with Crippen molar-refractivity contribution in [2.45, 2.75) is 19.4 Å². The highest BCUT2D eigenvalue weighted by molar-refractivity contribution is 7.99. The van der Waals surface area contributed by atoms with E-state index in [1.54, 1.807) is 11.8 Å². The molecule has 0 aromatic heterocycles. The minimum Gasteiger partial charge on any atom is -0.344 e.